The molecule has 2 rings (SSSR count). The summed E-state index contributed by atoms with van der Waals surface area (Å²) in [5, 5.41) is 23.4. The third-order valence-corrected chi connectivity index (χ3v) is 5.96. The van der Waals surface area contributed by atoms with Crippen molar-refractivity contribution in [1.82, 2.24) is 5.32 Å². The summed E-state index contributed by atoms with van der Waals surface area (Å²) in [6.07, 6.45) is 1.01. The van der Waals surface area contributed by atoms with Crippen LogP contribution in [-0.4, -0.2) is 58.2 Å². The van der Waals surface area contributed by atoms with E-state index in [0.717, 1.165) is 30.7 Å². The minimum atomic E-state index is -3.56. The number of nitrogens with zero attached hydrogens (tertiary/aromatic N) is 1. The highest BCUT2D eigenvalue weighted by molar-refractivity contribution is 7.90. The van der Waals surface area contributed by atoms with Crippen LogP contribution in [0.4, 0.5) is 5.69 Å². The van der Waals surface area contributed by atoms with Crippen LogP contribution in [0.25, 0.3) is 0 Å². The molecule has 0 spiro atoms. The predicted molar refractivity (Wildman–Crippen MR) is 115 cm³/mol. The van der Waals surface area contributed by atoms with E-state index in [1.807, 2.05) is 38.2 Å². The van der Waals surface area contributed by atoms with Crippen molar-refractivity contribution < 1.29 is 23.4 Å². The zero-order valence-corrected chi connectivity index (χ0v) is 18.1. The number of methoxy groups -OCH3 is 1. The van der Waals surface area contributed by atoms with Crippen molar-refractivity contribution in [3.63, 3.8) is 0 Å². The second-order valence-electron chi connectivity index (χ2n) is 7.23. The van der Waals surface area contributed by atoms with Crippen LogP contribution in [0.2, 0.25) is 0 Å². The molecule has 3 N–H and O–H groups in total. The van der Waals surface area contributed by atoms with Gasteiger partial charge in [0, 0.05) is 38.1 Å². The summed E-state index contributed by atoms with van der Waals surface area (Å²) < 4.78 is 28.6. The van der Waals surface area contributed by atoms with Crippen molar-refractivity contribution in [2.24, 2.45) is 0 Å². The van der Waals surface area contributed by atoms with E-state index in [9.17, 15) is 18.6 Å². The molecule has 0 aliphatic carbocycles. The van der Waals surface area contributed by atoms with Gasteiger partial charge in [-0.1, -0.05) is 6.07 Å². The number of anilines is 1. The van der Waals surface area contributed by atoms with Crippen LogP contribution in [-0.2, 0) is 9.84 Å². The number of hydrogen-bond donors (Lipinski definition) is 3. The van der Waals surface area contributed by atoms with E-state index < -0.39 is 15.9 Å². The fourth-order valence-electron chi connectivity index (χ4n) is 2.92. The first-order chi connectivity index (χ1) is 13.6. The van der Waals surface area contributed by atoms with Crippen LogP contribution in [0.15, 0.2) is 47.4 Å². The molecule has 0 bridgehead atoms. The summed E-state index contributed by atoms with van der Waals surface area (Å²) >= 11 is 0. The van der Waals surface area contributed by atoms with Gasteiger partial charge in [0.2, 0.25) is 0 Å². The van der Waals surface area contributed by atoms with Crippen molar-refractivity contribution in [1.29, 1.82) is 0 Å². The van der Waals surface area contributed by atoms with Crippen LogP contribution < -0.4 is 15.0 Å². The molecular formula is C21H30N2O5S. The van der Waals surface area contributed by atoms with Gasteiger partial charge in [-0.15, -0.1) is 0 Å². The molecule has 0 fully saturated rings. The molecule has 160 valence electrons. The molecular weight excluding hydrogens is 392 g/mol. The largest absolute Gasteiger partial charge is 0.507 e. The first-order valence-corrected chi connectivity index (χ1v) is 11.3. The Morgan fingerprint density at radius 2 is 1.83 bits per heavy atom. The molecule has 0 saturated carbocycles. The number of phenolic OH excluding ortho intramolecular Hbond substituents is 1. The van der Waals surface area contributed by atoms with Crippen molar-refractivity contribution in [2.75, 3.05) is 38.4 Å². The number of hydrogen-bond acceptors (Lipinski definition) is 7. The van der Waals surface area contributed by atoms with Gasteiger partial charge in [-0.05, 0) is 55.3 Å². The van der Waals surface area contributed by atoms with Crippen LogP contribution in [0.5, 0.6) is 11.5 Å². The molecule has 0 amide bonds. The SMILES string of the molecule is COc1ccc(N(C)CCC(C)NCC(O)c2ccc(O)c(S(C)(=O)=O)c2)cc1. The molecule has 0 saturated heterocycles. The Morgan fingerprint density at radius 3 is 2.41 bits per heavy atom. The van der Waals surface area contributed by atoms with Gasteiger partial charge in [0.1, 0.15) is 16.4 Å². The average molecular weight is 423 g/mol. The number of phenols is 1. The van der Waals surface area contributed by atoms with Gasteiger partial charge in [0.25, 0.3) is 0 Å². The second-order valence-corrected chi connectivity index (χ2v) is 9.22. The van der Waals surface area contributed by atoms with Gasteiger partial charge in [0.05, 0.1) is 13.2 Å². The molecule has 0 radical (unpaired) electrons. The van der Waals surface area contributed by atoms with E-state index in [1.165, 1.54) is 18.2 Å². The third kappa shape index (κ3) is 6.62. The zero-order chi connectivity index (χ0) is 21.6. The number of aromatic hydroxyl groups is 1. The van der Waals surface area contributed by atoms with E-state index in [0.29, 0.717) is 5.56 Å². The van der Waals surface area contributed by atoms with Crippen LogP contribution in [0.3, 0.4) is 0 Å². The molecule has 0 aliphatic heterocycles. The third-order valence-electron chi connectivity index (χ3n) is 4.84. The van der Waals surface area contributed by atoms with Crippen molar-refractivity contribution in [3.05, 3.63) is 48.0 Å². The molecule has 29 heavy (non-hydrogen) atoms. The first kappa shape index (κ1) is 23.0. The van der Waals surface area contributed by atoms with Gasteiger partial charge >= 0.3 is 0 Å². The predicted octanol–water partition coefficient (Wildman–Crippen LogP) is 2.34. The normalized spacial score (nSPS) is 13.7. The molecule has 2 unspecified atom stereocenters. The Bertz CT molecular complexity index is 900. The van der Waals surface area contributed by atoms with E-state index in [1.54, 1.807) is 7.11 Å². The van der Waals surface area contributed by atoms with Crippen LogP contribution >= 0.6 is 0 Å². The number of ether oxygens (including phenoxy) is 1. The highest BCUT2D eigenvalue weighted by atomic mass is 32.2. The summed E-state index contributed by atoms with van der Waals surface area (Å²) in [6.45, 7) is 3.14. The van der Waals surface area contributed by atoms with Crippen molar-refractivity contribution in [2.45, 2.75) is 30.4 Å². The molecule has 0 aromatic heterocycles. The Labute approximate surface area is 172 Å². The topological polar surface area (TPSA) is 99.1 Å². The lowest BCUT2D eigenvalue weighted by Gasteiger charge is -2.23. The van der Waals surface area contributed by atoms with E-state index in [2.05, 4.69) is 10.2 Å². The highest BCUT2D eigenvalue weighted by Crippen LogP contribution is 2.26. The molecule has 7 nitrogen and oxygen atoms in total. The quantitative estimate of drug-likeness (QED) is 0.540. The standard InChI is InChI=1S/C21H30N2O5S/c1-15(11-12-23(2)17-6-8-18(28-3)9-7-17)22-14-20(25)16-5-10-19(24)21(13-16)29(4,26)27/h5-10,13,15,20,22,24-25H,11-12,14H2,1-4H3. The molecule has 2 aromatic carbocycles. The number of rotatable bonds is 10. The minimum absolute atomic E-state index is 0.150. The van der Waals surface area contributed by atoms with Crippen molar-refractivity contribution in [3.8, 4) is 11.5 Å². The molecule has 8 heteroatoms. The average Bonchev–Trinajstić information content (AvgIpc) is 2.69. The van der Waals surface area contributed by atoms with E-state index in [4.69, 9.17) is 4.74 Å². The lowest BCUT2D eigenvalue weighted by atomic mass is 10.1. The van der Waals surface area contributed by atoms with E-state index in [-0.39, 0.29) is 23.2 Å². The minimum Gasteiger partial charge on any atom is -0.507 e. The molecule has 2 aromatic rings. The van der Waals surface area contributed by atoms with Gasteiger partial charge in [-0.2, -0.15) is 0 Å². The number of sulfone groups is 1. The monoisotopic (exact) mass is 422 g/mol. The molecule has 0 heterocycles. The van der Waals surface area contributed by atoms with Gasteiger partial charge in [-0.25, -0.2) is 8.42 Å². The van der Waals surface area contributed by atoms with Gasteiger partial charge in [0.15, 0.2) is 9.84 Å². The Kier molecular flexibility index (Phi) is 7.89. The number of aliphatic hydroxyl groups excluding tert-OH is 1. The maximum absolute atomic E-state index is 11.7. The number of nitrogens with one attached hydrogen (secondary N) is 1. The Balaban J connectivity index is 1.86. The highest BCUT2D eigenvalue weighted by Gasteiger charge is 2.17. The maximum Gasteiger partial charge on any atom is 0.179 e. The fraction of sp³-hybridized carbons (Fsp3) is 0.429. The fourth-order valence-corrected chi connectivity index (χ4v) is 3.72. The van der Waals surface area contributed by atoms with Crippen LogP contribution in [0, 0.1) is 0 Å². The first-order valence-electron chi connectivity index (χ1n) is 9.41. The van der Waals surface area contributed by atoms with Gasteiger partial charge in [-0.3, -0.25) is 0 Å². The summed E-state index contributed by atoms with van der Waals surface area (Å²) in [7, 11) is 0.0952. The van der Waals surface area contributed by atoms with Gasteiger partial charge < -0.3 is 25.2 Å². The summed E-state index contributed by atoms with van der Waals surface area (Å²) in [4.78, 5) is 1.97. The van der Waals surface area contributed by atoms with Crippen molar-refractivity contribution >= 4 is 15.5 Å². The summed E-state index contributed by atoms with van der Waals surface area (Å²) in [5.41, 5.74) is 1.54. The number of benzene rings is 2. The van der Waals surface area contributed by atoms with Crippen LogP contribution in [0.1, 0.15) is 25.0 Å². The Morgan fingerprint density at radius 1 is 1.17 bits per heavy atom. The summed E-state index contributed by atoms with van der Waals surface area (Å²) in [6, 6.07) is 12.1. The summed E-state index contributed by atoms with van der Waals surface area (Å²) in [5.74, 6) is 0.505. The Hall–Kier alpha value is -2.29. The second kappa shape index (κ2) is 9.96. The lowest BCUT2D eigenvalue weighted by molar-refractivity contribution is 0.170. The molecule has 0 aliphatic rings. The maximum atomic E-state index is 11.7. The molecule has 2 atom stereocenters. The number of aliphatic hydroxyl groups is 1. The lowest BCUT2D eigenvalue weighted by Crippen LogP contribution is -2.33. The smallest absolute Gasteiger partial charge is 0.179 e. The van der Waals surface area contributed by atoms with E-state index >= 15 is 0 Å². The zero-order valence-electron chi connectivity index (χ0n) is 17.3.